The maximum Gasteiger partial charge on any atom is 0.325 e. The third-order valence-corrected chi connectivity index (χ3v) is 6.42. The quantitative estimate of drug-likeness (QED) is 0.480. The van der Waals surface area contributed by atoms with Crippen LogP contribution in [0.3, 0.4) is 0 Å². The number of hydrogen-bond acceptors (Lipinski definition) is 5. The first-order valence-electron chi connectivity index (χ1n) is 9.85. The second-order valence-corrected chi connectivity index (χ2v) is 8.03. The number of imide groups is 1. The summed E-state index contributed by atoms with van der Waals surface area (Å²) in [4.78, 5) is 41.2. The topological polar surface area (TPSA) is 135 Å². The van der Waals surface area contributed by atoms with Gasteiger partial charge in [0, 0.05) is 29.6 Å². The molecule has 4 atom stereocenters. The number of carboxylic acid groups (broad SMARTS) is 1. The minimum atomic E-state index is -1.66. The van der Waals surface area contributed by atoms with Crippen molar-refractivity contribution in [1.82, 2.24) is 15.6 Å². The lowest BCUT2D eigenvalue weighted by Crippen LogP contribution is -2.57. The largest absolute Gasteiger partial charge is 0.480 e. The Labute approximate surface area is 176 Å². The van der Waals surface area contributed by atoms with Gasteiger partial charge in [0.05, 0.1) is 23.5 Å². The second-order valence-electron chi connectivity index (χ2n) is 8.03. The highest BCUT2D eigenvalue weighted by atomic mass is 16.4. The summed E-state index contributed by atoms with van der Waals surface area (Å²) in [6.45, 7) is 0. The molecule has 1 aromatic heterocycles. The molecule has 31 heavy (non-hydrogen) atoms. The van der Waals surface area contributed by atoms with Gasteiger partial charge >= 0.3 is 5.97 Å². The molecule has 2 amide bonds. The minimum Gasteiger partial charge on any atom is -0.480 e. The van der Waals surface area contributed by atoms with Gasteiger partial charge in [0.2, 0.25) is 11.8 Å². The van der Waals surface area contributed by atoms with E-state index < -0.39 is 41.2 Å². The molecular formula is C23H18N4O4. The van der Waals surface area contributed by atoms with Gasteiger partial charge < -0.3 is 10.1 Å². The molecule has 2 fully saturated rings. The summed E-state index contributed by atoms with van der Waals surface area (Å²) in [5.41, 5.74) is 1.05. The molecule has 0 spiro atoms. The van der Waals surface area contributed by atoms with Crippen molar-refractivity contribution in [2.45, 2.75) is 18.0 Å². The van der Waals surface area contributed by atoms with Gasteiger partial charge in [0.25, 0.3) is 0 Å². The molecule has 4 N–H and O–H groups in total. The third kappa shape index (κ3) is 2.75. The molecule has 3 heterocycles. The van der Waals surface area contributed by atoms with E-state index in [1.165, 1.54) is 0 Å². The van der Waals surface area contributed by atoms with Gasteiger partial charge in [-0.1, -0.05) is 30.3 Å². The molecule has 2 aromatic carbocycles. The van der Waals surface area contributed by atoms with Crippen molar-refractivity contribution >= 4 is 28.7 Å². The van der Waals surface area contributed by atoms with Crippen molar-refractivity contribution in [3.63, 3.8) is 0 Å². The lowest BCUT2D eigenvalue weighted by Gasteiger charge is -2.29. The standard InChI is InChI=1S/C23H18N4O4/c24-10-12-5-7-13(8-6-12)19-17-18(21(29)26-20(17)28)23(27-19,22(30)31)9-14-11-25-16-4-2-1-3-15(14)16/h1-8,11,17-19,25,27H,9H2,(H,30,31)(H,26,28,29). The number of hydrogen-bond donors (Lipinski definition) is 4. The summed E-state index contributed by atoms with van der Waals surface area (Å²) in [6.07, 6.45) is 1.77. The first kappa shape index (κ1) is 19.0. The zero-order valence-electron chi connectivity index (χ0n) is 16.3. The fourth-order valence-electron chi connectivity index (χ4n) is 4.99. The van der Waals surface area contributed by atoms with E-state index in [1.54, 1.807) is 30.5 Å². The Balaban J connectivity index is 1.62. The molecule has 0 saturated carbocycles. The van der Waals surface area contributed by atoms with Crippen LogP contribution in [0.25, 0.3) is 10.9 Å². The highest BCUT2D eigenvalue weighted by Crippen LogP contribution is 2.48. The highest BCUT2D eigenvalue weighted by molar-refractivity contribution is 6.09. The van der Waals surface area contributed by atoms with E-state index in [-0.39, 0.29) is 6.42 Å². The number of nitrogens with one attached hydrogen (secondary N) is 3. The molecule has 5 rings (SSSR count). The van der Waals surface area contributed by atoms with Gasteiger partial charge in [-0.3, -0.25) is 25.0 Å². The average Bonchev–Trinajstić information content (AvgIpc) is 3.43. The van der Waals surface area contributed by atoms with E-state index in [2.05, 4.69) is 15.6 Å². The van der Waals surface area contributed by atoms with Gasteiger partial charge in [-0.2, -0.15) is 5.26 Å². The Hall–Kier alpha value is -3.96. The summed E-state index contributed by atoms with van der Waals surface area (Å²) in [7, 11) is 0. The van der Waals surface area contributed by atoms with E-state index in [0.29, 0.717) is 11.1 Å². The van der Waals surface area contributed by atoms with E-state index in [4.69, 9.17) is 5.26 Å². The molecule has 8 nitrogen and oxygen atoms in total. The number of nitrogens with zero attached hydrogens (tertiary/aromatic N) is 1. The van der Waals surface area contributed by atoms with Crippen LogP contribution in [0, 0.1) is 23.2 Å². The van der Waals surface area contributed by atoms with Gasteiger partial charge in [0.1, 0.15) is 5.54 Å². The van der Waals surface area contributed by atoms with Crippen LogP contribution < -0.4 is 10.6 Å². The molecule has 0 aliphatic carbocycles. The van der Waals surface area contributed by atoms with Gasteiger partial charge in [-0.05, 0) is 29.3 Å². The first-order valence-corrected chi connectivity index (χ1v) is 9.85. The number of rotatable bonds is 4. The van der Waals surface area contributed by atoms with Crippen molar-refractivity contribution in [2.24, 2.45) is 11.8 Å². The fourth-order valence-corrected chi connectivity index (χ4v) is 4.99. The molecule has 2 aliphatic heterocycles. The normalized spacial score (nSPS) is 27.1. The number of aliphatic carboxylic acids is 1. The van der Waals surface area contributed by atoms with E-state index in [0.717, 1.165) is 16.5 Å². The average molecular weight is 414 g/mol. The van der Waals surface area contributed by atoms with Crippen molar-refractivity contribution in [2.75, 3.05) is 0 Å². The number of aromatic nitrogens is 1. The predicted octanol–water partition coefficient (Wildman–Crippen LogP) is 1.64. The first-order chi connectivity index (χ1) is 14.9. The second kappa shape index (κ2) is 6.79. The number of carbonyl (C=O) groups is 3. The molecule has 2 saturated heterocycles. The lowest BCUT2D eigenvalue weighted by atomic mass is 9.76. The minimum absolute atomic E-state index is 0.0288. The maximum atomic E-state index is 12.8. The predicted molar refractivity (Wildman–Crippen MR) is 110 cm³/mol. The van der Waals surface area contributed by atoms with E-state index in [1.807, 2.05) is 30.3 Å². The summed E-state index contributed by atoms with van der Waals surface area (Å²) in [6, 6.07) is 15.5. The zero-order valence-corrected chi connectivity index (χ0v) is 16.3. The van der Waals surface area contributed by atoms with Crippen LogP contribution in [0.5, 0.6) is 0 Å². The van der Waals surface area contributed by atoms with Crippen LogP contribution in [-0.4, -0.2) is 33.4 Å². The number of fused-ring (bicyclic) bond motifs is 2. The number of carboxylic acids is 1. The van der Waals surface area contributed by atoms with Crippen molar-refractivity contribution in [3.8, 4) is 6.07 Å². The number of benzene rings is 2. The summed E-state index contributed by atoms with van der Waals surface area (Å²) in [5, 5.41) is 25.7. The number of para-hydroxylation sites is 1. The van der Waals surface area contributed by atoms with Crippen LogP contribution in [0.2, 0.25) is 0 Å². The van der Waals surface area contributed by atoms with Crippen LogP contribution in [0.15, 0.2) is 54.7 Å². The van der Waals surface area contributed by atoms with Gasteiger partial charge in [0.15, 0.2) is 0 Å². The van der Waals surface area contributed by atoms with Crippen LogP contribution in [-0.2, 0) is 20.8 Å². The number of H-pyrrole nitrogens is 1. The van der Waals surface area contributed by atoms with E-state index >= 15 is 0 Å². The number of nitriles is 1. The number of aromatic amines is 1. The van der Waals surface area contributed by atoms with Crippen LogP contribution in [0.1, 0.15) is 22.7 Å². The smallest absolute Gasteiger partial charge is 0.325 e. The molecule has 2 aliphatic rings. The zero-order chi connectivity index (χ0) is 21.8. The lowest BCUT2D eigenvalue weighted by molar-refractivity contribution is -0.149. The van der Waals surface area contributed by atoms with Crippen molar-refractivity contribution in [1.29, 1.82) is 5.26 Å². The van der Waals surface area contributed by atoms with Gasteiger partial charge in [-0.25, -0.2) is 0 Å². The maximum absolute atomic E-state index is 12.8. The third-order valence-electron chi connectivity index (χ3n) is 6.42. The van der Waals surface area contributed by atoms with E-state index in [9.17, 15) is 19.5 Å². The Morgan fingerprint density at radius 2 is 1.84 bits per heavy atom. The monoisotopic (exact) mass is 414 g/mol. The summed E-state index contributed by atoms with van der Waals surface area (Å²) in [5.74, 6) is -4.18. The Kier molecular flexibility index (Phi) is 4.17. The van der Waals surface area contributed by atoms with Crippen molar-refractivity contribution in [3.05, 3.63) is 71.4 Å². The number of carbonyl (C=O) groups excluding carboxylic acids is 2. The van der Waals surface area contributed by atoms with Crippen LogP contribution >= 0.6 is 0 Å². The Morgan fingerprint density at radius 1 is 1.10 bits per heavy atom. The molecule has 8 heteroatoms. The summed E-state index contributed by atoms with van der Waals surface area (Å²) >= 11 is 0. The fraction of sp³-hybridized carbons (Fsp3) is 0.217. The molecule has 0 radical (unpaired) electrons. The molecule has 3 aromatic rings. The summed E-state index contributed by atoms with van der Waals surface area (Å²) < 4.78 is 0. The van der Waals surface area contributed by atoms with Crippen molar-refractivity contribution < 1.29 is 19.5 Å². The SMILES string of the molecule is N#Cc1ccc(C2NC(Cc3c[nH]c4ccccc34)(C(=O)O)C3C(=O)NC(=O)C23)cc1. The molecule has 154 valence electrons. The Bertz CT molecular complexity index is 1270. The molecule has 0 bridgehead atoms. The Morgan fingerprint density at radius 3 is 2.55 bits per heavy atom. The highest BCUT2D eigenvalue weighted by Gasteiger charge is 2.66. The molecule has 4 unspecified atom stereocenters. The molecular weight excluding hydrogens is 396 g/mol. The van der Waals surface area contributed by atoms with Gasteiger partial charge in [-0.15, -0.1) is 0 Å². The van der Waals surface area contributed by atoms with Crippen LogP contribution in [0.4, 0.5) is 0 Å². The number of amides is 2.